The van der Waals surface area contributed by atoms with Crippen LogP contribution >= 0.6 is 0 Å². The molecule has 2 heterocycles. The molecule has 1 unspecified atom stereocenters. The van der Waals surface area contributed by atoms with Gasteiger partial charge in [-0.1, -0.05) is 23.7 Å². The topological polar surface area (TPSA) is 125 Å². The number of carbonyl (C=O) groups is 1. The van der Waals surface area contributed by atoms with E-state index >= 15 is 0 Å². The summed E-state index contributed by atoms with van der Waals surface area (Å²) >= 11 is 0. The number of H-pyrrole nitrogens is 1. The van der Waals surface area contributed by atoms with Crippen LogP contribution in [-0.4, -0.2) is 41.4 Å². The van der Waals surface area contributed by atoms with Crippen LogP contribution in [0.25, 0.3) is 11.4 Å². The summed E-state index contributed by atoms with van der Waals surface area (Å²) in [6.07, 6.45) is 2.73. The number of amides is 1. The van der Waals surface area contributed by atoms with Crippen LogP contribution in [-0.2, 0) is 10.0 Å². The third-order valence-corrected chi connectivity index (χ3v) is 7.33. The molecule has 2 aromatic carbocycles. The third-order valence-electron chi connectivity index (χ3n) is 5.30. The van der Waals surface area contributed by atoms with E-state index in [9.17, 15) is 18.0 Å². The van der Waals surface area contributed by atoms with Gasteiger partial charge in [0.05, 0.1) is 4.90 Å². The van der Waals surface area contributed by atoms with E-state index < -0.39 is 15.8 Å². The van der Waals surface area contributed by atoms with Crippen LogP contribution in [0.1, 0.15) is 36.5 Å². The minimum absolute atomic E-state index is 0.0337. The molecule has 0 saturated carbocycles. The predicted molar refractivity (Wildman–Crippen MR) is 114 cm³/mol. The Morgan fingerprint density at radius 3 is 2.65 bits per heavy atom. The number of sulfonamides is 1. The van der Waals surface area contributed by atoms with Crippen molar-refractivity contribution >= 4 is 21.6 Å². The normalized spacial score (nSPS) is 17.4. The maximum atomic E-state index is 12.9. The zero-order chi connectivity index (χ0) is 22.0. The number of rotatable bonds is 5. The third kappa shape index (κ3) is 4.44. The Morgan fingerprint density at radius 1 is 1.19 bits per heavy atom. The van der Waals surface area contributed by atoms with E-state index in [0.717, 1.165) is 19.3 Å². The lowest BCUT2D eigenvalue weighted by Crippen LogP contribution is -2.41. The van der Waals surface area contributed by atoms with Gasteiger partial charge in [0, 0.05) is 29.4 Å². The van der Waals surface area contributed by atoms with Crippen molar-refractivity contribution in [3.8, 4) is 11.4 Å². The van der Waals surface area contributed by atoms with Crippen LogP contribution in [0.3, 0.4) is 0 Å². The van der Waals surface area contributed by atoms with Crippen molar-refractivity contribution in [3.05, 3.63) is 64.6 Å². The predicted octanol–water partition coefficient (Wildman–Crippen LogP) is 2.85. The Hall–Kier alpha value is -3.24. The molecule has 3 aromatic rings. The number of hydrogen-bond acceptors (Lipinski definition) is 6. The van der Waals surface area contributed by atoms with E-state index in [2.05, 4.69) is 20.0 Å². The van der Waals surface area contributed by atoms with Crippen molar-refractivity contribution < 1.29 is 17.7 Å². The molecule has 1 atom stereocenters. The van der Waals surface area contributed by atoms with Crippen LogP contribution in [0, 0.1) is 0 Å². The lowest BCUT2D eigenvalue weighted by atomic mass is 10.1. The molecular weight excluding hydrogens is 420 g/mol. The van der Waals surface area contributed by atoms with Crippen LogP contribution in [0.5, 0.6) is 0 Å². The highest BCUT2D eigenvalue weighted by atomic mass is 32.2. The molecular formula is C21H22N4O5S. The summed E-state index contributed by atoms with van der Waals surface area (Å²) in [5.41, 5.74) is 1.39. The first-order valence-corrected chi connectivity index (χ1v) is 11.4. The SMILES string of the molecule is CC1CCCCN1S(=O)(=O)c1ccc(C(=O)Nc2cccc(-c3noc(=O)[nH]3)c2)cc1. The van der Waals surface area contributed by atoms with Crippen LogP contribution in [0.4, 0.5) is 5.69 Å². The molecule has 1 amide bonds. The standard InChI is InChI=1S/C21H22N4O5S/c1-14-5-2-3-12-25(14)31(28,29)18-10-8-15(9-11-18)20(26)22-17-7-4-6-16(13-17)19-23-21(27)30-24-19/h4,6-11,13-14H,2-3,5,12H2,1H3,(H,22,26)(H,23,24,27). The molecule has 31 heavy (non-hydrogen) atoms. The molecule has 0 radical (unpaired) electrons. The molecule has 1 aliphatic heterocycles. The highest BCUT2D eigenvalue weighted by Crippen LogP contribution is 2.25. The number of carbonyl (C=O) groups excluding carboxylic acids is 1. The Labute approximate surface area is 179 Å². The summed E-state index contributed by atoms with van der Waals surface area (Å²) in [4.78, 5) is 26.4. The van der Waals surface area contributed by atoms with Gasteiger partial charge in [0.1, 0.15) is 0 Å². The second-order valence-electron chi connectivity index (χ2n) is 7.46. The quantitative estimate of drug-likeness (QED) is 0.626. The van der Waals surface area contributed by atoms with E-state index in [0.29, 0.717) is 23.4 Å². The number of aromatic nitrogens is 2. The average molecular weight is 442 g/mol. The van der Waals surface area contributed by atoms with E-state index in [1.165, 1.54) is 28.6 Å². The molecule has 0 spiro atoms. The molecule has 1 fully saturated rings. The molecule has 4 rings (SSSR count). The van der Waals surface area contributed by atoms with Gasteiger partial charge in [0.2, 0.25) is 10.0 Å². The van der Waals surface area contributed by atoms with E-state index in [1.807, 2.05) is 6.92 Å². The number of nitrogens with zero attached hydrogens (tertiary/aromatic N) is 2. The Kier molecular flexibility index (Phi) is 5.75. The van der Waals surface area contributed by atoms with Gasteiger partial charge in [-0.25, -0.2) is 13.2 Å². The van der Waals surface area contributed by atoms with Gasteiger partial charge in [0.15, 0.2) is 5.82 Å². The summed E-state index contributed by atoms with van der Waals surface area (Å²) in [5, 5.41) is 6.38. The fourth-order valence-corrected chi connectivity index (χ4v) is 5.34. The fourth-order valence-electron chi connectivity index (χ4n) is 3.64. The number of aromatic amines is 1. The van der Waals surface area contributed by atoms with Gasteiger partial charge in [-0.15, -0.1) is 0 Å². The van der Waals surface area contributed by atoms with E-state index in [4.69, 9.17) is 0 Å². The molecule has 2 N–H and O–H groups in total. The highest BCUT2D eigenvalue weighted by molar-refractivity contribution is 7.89. The van der Waals surface area contributed by atoms with Gasteiger partial charge in [-0.05, 0) is 56.2 Å². The molecule has 10 heteroatoms. The minimum atomic E-state index is -3.59. The average Bonchev–Trinajstić information content (AvgIpc) is 3.20. The first-order chi connectivity index (χ1) is 14.8. The van der Waals surface area contributed by atoms with Crippen LogP contribution < -0.4 is 11.1 Å². The number of piperidine rings is 1. The van der Waals surface area contributed by atoms with Crippen LogP contribution in [0.2, 0.25) is 0 Å². The summed E-state index contributed by atoms with van der Waals surface area (Å²) in [7, 11) is -3.59. The molecule has 1 saturated heterocycles. The van der Waals surface area contributed by atoms with Gasteiger partial charge >= 0.3 is 5.76 Å². The highest BCUT2D eigenvalue weighted by Gasteiger charge is 2.30. The molecule has 162 valence electrons. The van der Waals surface area contributed by atoms with Crippen molar-refractivity contribution in [2.75, 3.05) is 11.9 Å². The largest absolute Gasteiger partial charge is 0.439 e. The fraction of sp³-hybridized carbons (Fsp3) is 0.286. The van der Waals surface area contributed by atoms with Crippen molar-refractivity contribution in [3.63, 3.8) is 0 Å². The molecule has 1 aliphatic rings. The number of anilines is 1. The zero-order valence-corrected chi connectivity index (χ0v) is 17.7. The Bertz CT molecular complexity index is 1250. The van der Waals surface area contributed by atoms with Gasteiger partial charge < -0.3 is 5.32 Å². The van der Waals surface area contributed by atoms with Gasteiger partial charge in [0.25, 0.3) is 5.91 Å². The summed E-state index contributed by atoms with van der Waals surface area (Å²) in [6.45, 7) is 2.43. The van der Waals surface area contributed by atoms with Crippen molar-refractivity contribution in [2.45, 2.75) is 37.1 Å². The lowest BCUT2D eigenvalue weighted by Gasteiger charge is -2.32. The second kappa shape index (κ2) is 8.48. The number of nitrogens with one attached hydrogen (secondary N) is 2. The summed E-state index contributed by atoms with van der Waals surface area (Å²) < 4.78 is 31.9. The number of benzene rings is 2. The minimum Gasteiger partial charge on any atom is -0.322 e. The van der Waals surface area contributed by atoms with Gasteiger partial charge in [-0.3, -0.25) is 14.3 Å². The monoisotopic (exact) mass is 442 g/mol. The first kappa shape index (κ1) is 21.0. The molecule has 0 aliphatic carbocycles. The zero-order valence-electron chi connectivity index (χ0n) is 16.9. The molecule has 1 aromatic heterocycles. The van der Waals surface area contributed by atoms with Crippen molar-refractivity contribution in [2.24, 2.45) is 0 Å². The Balaban J connectivity index is 1.49. The maximum Gasteiger partial charge on any atom is 0.439 e. The first-order valence-electron chi connectivity index (χ1n) is 9.94. The molecule has 0 bridgehead atoms. The molecule has 9 nitrogen and oxygen atoms in total. The van der Waals surface area contributed by atoms with E-state index in [1.54, 1.807) is 24.3 Å². The Morgan fingerprint density at radius 2 is 1.97 bits per heavy atom. The maximum absolute atomic E-state index is 12.9. The summed E-state index contributed by atoms with van der Waals surface area (Å²) in [5.74, 6) is -0.804. The van der Waals surface area contributed by atoms with Crippen molar-refractivity contribution in [1.29, 1.82) is 0 Å². The van der Waals surface area contributed by atoms with Gasteiger partial charge in [-0.2, -0.15) is 4.31 Å². The van der Waals surface area contributed by atoms with E-state index in [-0.39, 0.29) is 22.7 Å². The van der Waals surface area contributed by atoms with Crippen molar-refractivity contribution in [1.82, 2.24) is 14.4 Å². The lowest BCUT2D eigenvalue weighted by molar-refractivity contribution is 0.102. The van der Waals surface area contributed by atoms with Crippen LogP contribution in [0.15, 0.2) is 62.7 Å². The smallest absolute Gasteiger partial charge is 0.322 e. The second-order valence-corrected chi connectivity index (χ2v) is 9.35. The summed E-state index contributed by atoms with van der Waals surface area (Å²) in [6, 6.07) is 12.6. The number of hydrogen-bond donors (Lipinski definition) is 2.